The molecule has 0 aromatic heterocycles. The van der Waals surface area contributed by atoms with Gasteiger partial charge in [0.1, 0.15) is 5.04 Å². The van der Waals surface area contributed by atoms with Gasteiger partial charge in [-0.2, -0.15) is 0 Å². The summed E-state index contributed by atoms with van der Waals surface area (Å²) in [4.78, 5) is 0. The summed E-state index contributed by atoms with van der Waals surface area (Å²) >= 11 is 0. The molecule has 0 N–H and O–H groups in total. The zero-order valence-corrected chi connectivity index (χ0v) is 40.2. The van der Waals surface area contributed by atoms with Gasteiger partial charge in [0.2, 0.25) is 0 Å². The zero-order chi connectivity index (χ0) is 42.2. The van der Waals surface area contributed by atoms with E-state index in [1.807, 2.05) is 0 Å². The molecule has 0 unspecified atom stereocenters. The third-order valence-electron chi connectivity index (χ3n) is 12.1. The highest BCUT2D eigenvalue weighted by molar-refractivity contribution is 7.73. The van der Waals surface area contributed by atoms with Crippen LogP contribution >= 0.6 is 15.8 Å². The highest BCUT2D eigenvalue weighted by atomic mass is 31.1. The molecule has 312 valence electrons. The monoisotopic (exact) mass is 874 g/mol. The van der Waals surface area contributed by atoms with E-state index >= 15 is 0 Å². The van der Waals surface area contributed by atoms with Gasteiger partial charge in [-0.3, -0.25) is 0 Å². The lowest BCUT2D eigenvalue weighted by molar-refractivity contribution is 0.0414. The fourth-order valence-electron chi connectivity index (χ4n) is 8.84. The van der Waals surface area contributed by atoms with Crippen LogP contribution in [0.15, 0.2) is 212 Å². The Morgan fingerprint density at radius 1 is 0.410 bits per heavy atom. The highest BCUT2D eigenvalue weighted by Gasteiger charge is 2.64. The average molecular weight is 875 g/mol. The van der Waals surface area contributed by atoms with Gasteiger partial charge in [0.25, 0.3) is 0 Å². The maximum absolute atomic E-state index is 7.93. The molecule has 0 aliphatic carbocycles. The van der Waals surface area contributed by atoms with Crippen molar-refractivity contribution in [1.29, 1.82) is 0 Å². The highest BCUT2D eigenvalue weighted by Crippen LogP contribution is 2.51. The number of benzene rings is 7. The van der Waals surface area contributed by atoms with Crippen LogP contribution in [0.2, 0.25) is 11.6 Å². The molecule has 0 heterocycles. The molecule has 0 aliphatic rings. The van der Waals surface area contributed by atoms with Gasteiger partial charge in [-0.05, 0) is 97.8 Å². The molecule has 0 fully saturated rings. The first-order valence-electron chi connectivity index (χ1n) is 21.9. The summed E-state index contributed by atoms with van der Waals surface area (Å²) in [6, 6.07) is 77.4. The van der Waals surface area contributed by atoms with Crippen LogP contribution in [-0.2, 0) is 18.3 Å². The Labute approximate surface area is 371 Å². The molecular formula is C54H60O3P2Si2. The third kappa shape index (κ3) is 10.3. The summed E-state index contributed by atoms with van der Waals surface area (Å²) in [5.41, 5.74) is 3.36. The lowest BCUT2D eigenvalue weighted by Gasteiger charge is -2.48. The van der Waals surface area contributed by atoms with Crippen molar-refractivity contribution in [3.63, 3.8) is 0 Å². The third-order valence-corrected chi connectivity index (χ3v) is 23.2. The summed E-state index contributed by atoms with van der Waals surface area (Å²) in [5.74, 6) is 0. The molecule has 7 rings (SSSR count). The van der Waals surface area contributed by atoms with E-state index in [1.54, 1.807) is 0 Å². The van der Waals surface area contributed by atoms with E-state index in [0.29, 0.717) is 19.8 Å². The van der Waals surface area contributed by atoms with Gasteiger partial charge in [0.15, 0.2) is 0 Å². The van der Waals surface area contributed by atoms with E-state index in [0.717, 1.165) is 41.9 Å². The van der Waals surface area contributed by atoms with Crippen LogP contribution in [0.5, 0.6) is 0 Å². The van der Waals surface area contributed by atoms with Crippen molar-refractivity contribution < 1.29 is 13.3 Å². The fourth-order valence-corrected chi connectivity index (χ4v) is 19.9. The van der Waals surface area contributed by atoms with Crippen LogP contribution in [0.4, 0.5) is 0 Å². The molecule has 0 radical (unpaired) electrons. The SMILES string of the molecule is CCO[Si](OCC)(OCC(CCP(c1ccccc1)c1ccccc1)(CCP(c1ccccc1)c1ccccc1)[SiH2]C)C(c1ccccc1)(c1ccccc1)c1ccccc1. The zero-order valence-electron chi connectivity index (χ0n) is 36.0. The Bertz CT molecular complexity index is 2020. The van der Waals surface area contributed by atoms with Gasteiger partial charge in [-0.25, -0.2) is 0 Å². The van der Waals surface area contributed by atoms with Crippen molar-refractivity contribution >= 4 is 55.4 Å². The Balaban J connectivity index is 1.37. The minimum absolute atomic E-state index is 0.0451. The smallest absolute Gasteiger partial charge is 0.373 e. The summed E-state index contributed by atoms with van der Waals surface area (Å²) in [6.45, 7) is 8.23. The van der Waals surface area contributed by atoms with Crippen LogP contribution in [0.1, 0.15) is 43.4 Å². The molecule has 61 heavy (non-hydrogen) atoms. The summed E-state index contributed by atoms with van der Waals surface area (Å²) < 4.78 is 22.5. The van der Waals surface area contributed by atoms with Crippen LogP contribution in [0, 0.1) is 0 Å². The van der Waals surface area contributed by atoms with Gasteiger partial charge < -0.3 is 13.3 Å². The van der Waals surface area contributed by atoms with E-state index in [4.69, 9.17) is 13.3 Å². The molecule has 0 amide bonds. The molecule has 7 aromatic carbocycles. The largest absolute Gasteiger partial charge is 0.521 e. The van der Waals surface area contributed by atoms with E-state index in [-0.39, 0.29) is 5.04 Å². The molecule has 7 heteroatoms. The van der Waals surface area contributed by atoms with Crippen molar-refractivity contribution in [2.24, 2.45) is 0 Å². The molecule has 7 aromatic rings. The van der Waals surface area contributed by atoms with Crippen LogP contribution in [0.25, 0.3) is 0 Å². The second-order valence-corrected chi connectivity index (χ2v) is 25.2. The van der Waals surface area contributed by atoms with Crippen molar-refractivity contribution in [3.05, 3.63) is 229 Å². The first-order chi connectivity index (χ1) is 30.1. The molecule has 0 bridgehead atoms. The lowest BCUT2D eigenvalue weighted by atomic mass is 9.84. The minimum atomic E-state index is -3.76. The quantitative estimate of drug-likeness (QED) is 0.0386. The van der Waals surface area contributed by atoms with Crippen LogP contribution < -0.4 is 21.2 Å². The molecule has 3 nitrogen and oxygen atoms in total. The van der Waals surface area contributed by atoms with Crippen molar-refractivity contribution in [2.75, 3.05) is 32.1 Å². The van der Waals surface area contributed by atoms with Gasteiger partial charge in [0, 0.05) is 29.3 Å². The first-order valence-corrected chi connectivity index (χ1v) is 28.8. The van der Waals surface area contributed by atoms with Gasteiger partial charge >= 0.3 is 8.80 Å². The van der Waals surface area contributed by atoms with Crippen molar-refractivity contribution in [3.8, 4) is 0 Å². The molecule has 0 spiro atoms. The number of rotatable bonds is 22. The Morgan fingerprint density at radius 2 is 0.689 bits per heavy atom. The van der Waals surface area contributed by atoms with Crippen molar-refractivity contribution in [2.45, 2.75) is 43.3 Å². The predicted octanol–water partition coefficient (Wildman–Crippen LogP) is 11.0. The summed E-state index contributed by atoms with van der Waals surface area (Å²) in [7, 11) is -5.66. The van der Waals surface area contributed by atoms with Gasteiger partial charge in [-0.15, -0.1) is 0 Å². The summed E-state index contributed by atoms with van der Waals surface area (Å²) in [6.07, 6.45) is 4.30. The predicted molar refractivity (Wildman–Crippen MR) is 268 cm³/mol. The molecular weight excluding hydrogens is 815 g/mol. The second kappa shape index (κ2) is 22.2. The van der Waals surface area contributed by atoms with Crippen LogP contribution in [-0.4, -0.2) is 50.5 Å². The summed E-state index contributed by atoms with van der Waals surface area (Å²) in [5, 5.41) is 4.83. The van der Waals surface area contributed by atoms with Gasteiger partial charge in [0.05, 0.1) is 0 Å². The number of hydrogen-bond donors (Lipinski definition) is 0. The van der Waals surface area contributed by atoms with E-state index in [9.17, 15) is 0 Å². The first kappa shape index (κ1) is 44.8. The lowest BCUT2D eigenvalue weighted by Crippen LogP contribution is -2.65. The van der Waals surface area contributed by atoms with Crippen LogP contribution in [0.3, 0.4) is 0 Å². The molecule has 0 aliphatic heterocycles. The average Bonchev–Trinajstić information content (AvgIpc) is 3.33. The molecule has 0 saturated heterocycles. The maximum Gasteiger partial charge on any atom is 0.521 e. The molecule has 0 atom stereocenters. The second-order valence-electron chi connectivity index (χ2n) is 15.6. The van der Waals surface area contributed by atoms with E-state index < -0.39 is 39.2 Å². The van der Waals surface area contributed by atoms with Gasteiger partial charge in [-0.1, -0.05) is 219 Å². The van der Waals surface area contributed by atoms with Crippen molar-refractivity contribution in [1.82, 2.24) is 0 Å². The Hall–Kier alpha value is -4.29. The Kier molecular flexibility index (Phi) is 16.3. The number of hydrogen-bond acceptors (Lipinski definition) is 3. The van der Waals surface area contributed by atoms with E-state index in [2.05, 4.69) is 233 Å². The molecule has 0 saturated carbocycles. The minimum Gasteiger partial charge on any atom is -0.373 e. The fraction of sp³-hybridized carbons (Fsp3) is 0.222. The maximum atomic E-state index is 7.93. The van der Waals surface area contributed by atoms with E-state index in [1.165, 1.54) is 21.2 Å². The topological polar surface area (TPSA) is 27.7 Å². The normalized spacial score (nSPS) is 12.4. The Morgan fingerprint density at radius 3 is 0.951 bits per heavy atom. The standard InChI is InChI=1S/C54H60O3P2Si2/c1-4-55-61(56-5-2,54(46-27-13-6-14-28-46,47-29-15-7-16-30-47)48-31-17-8-18-32-48)57-45-53(60-3,41-43-58(49-33-19-9-20-34-49)50-35-21-10-22-36-50)42-44-59(51-37-23-11-24-38-51)52-39-25-12-26-40-52/h6-40H,4-5,41-45,60H2,1-3H3.